The Balaban J connectivity index is 1.61. The minimum absolute atomic E-state index is 0.0194. The molecule has 0 aliphatic carbocycles. The average molecular weight is 450 g/mol. The second-order valence-electron chi connectivity index (χ2n) is 6.70. The third kappa shape index (κ3) is 5.67. The van der Waals surface area contributed by atoms with Gasteiger partial charge in [0, 0.05) is 35.7 Å². The summed E-state index contributed by atoms with van der Waals surface area (Å²) in [6.07, 6.45) is 1.13. The molecule has 160 valence electrons. The summed E-state index contributed by atoms with van der Waals surface area (Å²) < 4.78 is 30.5. The molecule has 0 fully saturated rings. The molecule has 0 radical (unpaired) electrons. The number of benzene rings is 2. The van der Waals surface area contributed by atoms with Gasteiger partial charge in [-0.3, -0.25) is 14.3 Å². The van der Waals surface area contributed by atoms with Crippen molar-refractivity contribution in [2.24, 2.45) is 0 Å². The van der Waals surface area contributed by atoms with Crippen molar-refractivity contribution in [3.05, 3.63) is 42.5 Å². The molecule has 3 rings (SSSR count). The third-order valence-electron chi connectivity index (χ3n) is 4.37. The van der Waals surface area contributed by atoms with E-state index in [2.05, 4.69) is 10.0 Å². The molecule has 0 saturated heterocycles. The Labute approximate surface area is 180 Å². The van der Waals surface area contributed by atoms with Gasteiger partial charge in [-0.15, -0.1) is 11.8 Å². The Hall–Kier alpha value is -2.72. The van der Waals surface area contributed by atoms with E-state index < -0.39 is 10.0 Å². The maximum Gasteiger partial charge on any atom is 0.229 e. The zero-order chi connectivity index (χ0) is 21.7. The number of anilines is 3. The van der Waals surface area contributed by atoms with Crippen LogP contribution in [0.1, 0.15) is 12.8 Å². The molecule has 2 N–H and O–H groups in total. The van der Waals surface area contributed by atoms with Gasteiger partial charge in [0.15, 0.2) is 0 Å². The van der Waals surface area contributed by atoms with E-state index in [1.54, 1.807) is 28.8 Å². The van der Waals surface area contributed by atoms with Crippen molar-refractivity contribution in [3.8, 4) is 5.75 Å². The first-order chi connectivity index (χ1) is 14.3. The molecule has 1 aliphatic rings. The van der Waals surface area contributed by atoms with Crippen molar-refractivity contribution in [1.82, 2.24) is 0 Å². The van der Waals surface area contributed by atoms with Gasteiger partial charge in [0.25, 0.3) is 0 Å². The van der Waals surface area contributed by atoms with E-state index in [0.29, 0.717) is 18.0 Å². The Morgan fingerprint density at radius 3 is 2.67 bits per heavy atom. The van der Waals surface area contributed by atoms with Crippen LogP contribution in [0.15, 0.2) is 47.4 Å². The topological polar surface area (TPSA) is 105 Å². The van der Waals surface area contributed by atoms with Gasteiger partial charge in [-0.05, 0) is 30.3 Å². The first-order valence-electron chi connectivity index (χ1n) is 9.25. The largest absolute Gasteiger partial charge is 0.495 e. The van der Waals surface area contributed by atoms with Gasteiger partial charge in [-0.2, -0.15) is 0 Å². The number of carbonyl (C=O) groups excluding carboxylic acids is 2. The van der Waals surface area contributed by atoms with Crippen LogP contribution in [-0.4, -0.2) is 45.9 Å². The molecule has 1 heterocycles. The summed E-state index contributed by atoms with van der Waals surface area (Å²) in [7, 11) is -2.09. The number of fused-ring (bicyclic) bond motifs is 1. The van der Waals surface area contributed by atoms with E-state index in [1.165, 1.54) is 13.2 Å². The van der Waals surface area contributed by atoms with E-state index in [0.717, 1.165) is 22.6 Å². The molecule has 2 aromatic rings. The molecule has 10 heteroatoms. The van der Waals surface area contributed by atoms with Gasteiger partial charge >= 0.3 is 0 Å². The smallest absolute Gasteiger partial charge is 0.229 e. The minimum Gasteiger partial charge on any atom is -0.495 e. The molecular weight excluding hydrogens is 426 g/mol. The first kappa shape index (κ1) is 22.0. The van der Waals surface area contributed by atoms with Crippen molar-refractivity contribution in [2.75, 3.05) is 40.6 Å². The molecule has 0 aromatic heterocycles. The molecule has 0 spiro atoms. The van der Waals surface area contributed by atoms with E-state index in [1.807, 2.05) is 24.3 Å². The first-order valence-corrected chi connectivity index (χ1v) is 12.1. The molecule has 2 aromatic carbocycles. The molecule has 0 atom stereocenters. The Morgan fingerprint density at radius 1 is 1.17 bits per heavy atom. The summed E-state index contributed by atoms with van der Waals surface area (Å²) in [5.41, 5.74) is 1.50. The number of amides is 2. The Morgan fingerprint density at radius 2 is 1.93 bits per heavy atom. The average Bonchev–Trinajstić information content (AvgIpc) is 2.70. The summed E-state index contributed by atoms with van der Waals surface area (Å²) in [6.45, 7) is 0.612. The predicted octanol–water partition coefficient (Wildman–Crippen LogP) is 2.92. The lowest BCUT2D eigenvalue weighted by molar-refractivity contribution is -0.122. The van der Waals surface area contributed by atoms with Crippen LogP contribution in [0.2, 0.25) is 0 Å². The normalized spacial score (nSPS) is 13.3. The lowest BCUT2D eigenvalue weighted by atomic mass is 10.2. The number of sulfonamides is 1. The van der Waals surface area contributed by atoms with E-state index in [-0.39, 0.29) is 30.3 Å². The van der Waals surface area contributed by atoms with E-state index >= 15 is 0 Å². The lowest BCUT2D eigenvalue weighted by Crippen LogP contribution is -2.35. The monoisotopic (exact) mass is 449 g/mol. The molecule has 0 saturated carbocycles. The van der Waals surface area contributed by atoms with Gasteiger partial charge in [0.05, 0.1) is 24.7 Å². The number of rotatable bonds is 7. The molecular formula is C20H23N3O5S2. The van der Waals surface area contributed by atoms with Crippen LogP contribution in [0.5, 0.6) is 5.75 Å². The highest BCUT2D eigenvalue weighted by molar-refractivity contribution is 7.99. The molecule has 0 unspecified atom stereocenters. The van der Waals surface area contributed by atoms with Crippen molar-refractivity contribution in [3.63, 3.8) is 0 Å². The number of hydrogen-bond donors (Lipinski definition) is 2. The number of para-hydroxylation sites is 1. The van der Waals surface area contributed by atoms with Gasteiger partial charge in [-0.1, -0.05) is 12.1 Å². The summed E-state index contributed by atoms with van der Waals surface area (Å²) in [6, 6.07) is 12.3. The number of methoxy groups -OCH3 is 1. The summed E-state index contributed by atoms with van der Waals surface area (Å²) in [4.78, 5) is 27.8. The highest BCUT2D eigenvalue weighted by Gasteiger charge is 2.23. The number of ether oxygens (including phenoxy) is 1. The summed E-state index contributed by atoms with van der Waals surface area (Å²) >= 11 is 1.71. The van der Waals surface area contributed by atoms with E-state index in [9.17, 15) is 18.0 Å². The fraction of sp³-hybridized carbons (Fsp3) is 0.300. The molecule has 0 bridgehead atoms. The fourth-order valence-electron chi connectivity index (χ4n) is 3.07. The highest BCUT2D eigenvalue weighted by Crippen LogP contribution is 2.34. The van der Waals surface area contributed by atoms with Crippen LogP contribution in [0, 0.1) is 0 Å². The van der Waals surface area contributed by atoms with Crippen molar-refractivity contribution < 1.29 is 22.7 Å². The molecule has 30 heavy (non-hydrogen) atoms. The fourth-order valence-corrected chi connectivity index (χ4v) is 4.63. The van der Waals surface area contributed by atoms with Crippen LogP contribution in [-0.2, 0) is 19.6 Å². The zero-order valence-electron chi connectivity index (χ0n) is 16.7. The zero-order valence-corrected chi connectivity index (χ0v) is 18.3. The number of thioether (sulfide) groups is 1. The lowest BCUT2D eigenvalue weighted by Gasteiger charge is -2.29. The summed E-state index contributed by atoms with van der Waals surface area (Å²) in [5.74, 6) is 0.706. The van der Waals surface area contributed by atoms with Crippen molar-refractivity contribution in [1.29, 1.82) is 0 Å². The van der Waals surface area contributed by atoms with E-state index in [4.69, 9.17) is 4.74 Å². The maximum absolute atomic E-state index is 12.7. The highest BCUT2D eigenvalue weighted by atomic mass is 32.2. The minimum atomic E-state index is -3.51. The number of carbonyl (C=O) groups is 2. The number of nitrogens with zero attached hydrogens (tertiary/aromatic N) is 1. The van der Waals surface area contributed by atoms with Crippen LogP contribution in [0.25, 0.3) is 0 Å². The predicted molar refractivity (Wildman–Crippen MR) is 119 cm³/mol. The van der Waals surface area contributed by atoms with Crippen LogP contribution in [0.3, 0.4) is 0 Å². The van der Waals surface area contributed by atoms with Crippen molar-refractivity contribution in [2.45, 2.75) is 17.7 Å². The molecule has 1 aliphatic heterocycles. The standard InChI is InChI=1S/C20H23N3O5S2/c1-28-17-8-7-14(13-15(17)22-30(2,26)27)21-19(24)9-10-20(25)23-11-12-29-18-6-4-3-5-16(18)23/h3-8,13,22H,9-12H2,1-2H3,(H,21,24). The SMILES string of the molecule is COc1ccc(NC(=O)CCC(=O)N2CCSc3ccccc32)cc1NS(C)(=O)=O. The second-order valence-corrected chi connectivity index (χ2v) is 9.58. The molecule has 8 nitrogen and oxygen atoms in total. The summed E-state index contributed by atoms with van der Waals surface area (Å²) in [5, 5.41) is 2.69. The Kier molecular flexibility index (Phi) is 6.88. The van der Waals surface area contributed by atoms with Gasteiger partial charge < -0.3 is 15.0 Å². The van der Waals surface area contributed by atoms with Crippen LogP contribution >= 0.6 is 11.8 Å². The maximum atomic E-state index is 12.7. The van der Waals surface area contributed by atoms with Crippen molar-refractivity contribution >= 4 is 50.7 Å². The second kappa shape index (κ2) is 9.40. The third-order valence-corrected chi connectivity index (χ3v) is 6.01. The van der Waals surface area contributed by atoms with Gasteiger partial charge in [-0.25, -0.2) is 8.42 Å². The number of hydrogen-bond acceptors (Lipinski definition) is 6. The van der Waals surface area contributed by atoms with Crippen LogP contribution < -0.4 is 19.7 Å². The Bertz CT molecular complexity index is 1060. The van der Waals surface area contributed by atoms with Gasteiger partial charge in [0.1, 0.15) is 5.75 Å². The quantitative estimate of drug-likeness (QED) is 0.673. The number of nitrogens with one attached hydrogen (secondary N) is 2. The van der Waals surface area contributed by atoms with Crippen LogP contribution in [0.4, 0.5) is 17.1 Å². The molecule has 2 amide bonds. The van der Waals surface area contributed by atoms with Gasteiger partial charge in [0.2, 0.25) is 21.8 Å².